The smallest absolute Gasteiger partial charge is 0.304 e. The van der Waals surface area contributed by atoms with E-state index >= 15 is 0 Å². The van der Waals surface area contributed by atoms with Crippen LogP contribution in [0.25, 0.3) is 0 Å². The molecule has 2 N–H and O–H groups in total. The SMILES string of the molecule is CCCCOCC(O)CN(CC)C(C)CC(=O)O. The Morgan fingerprint density at radius 1 is 1.39 bits per heavy atom. The molecule has 0 spiro atoms. The molecule has 0 aromatic carbocycles. The van der Waals surface area contributed by atoms with Crippen LogP contribution >= 0.6 is 0 Å². The lowest BCUT2D eigenvalue weighted by Gasteiger charge is -2.28. The summed E-state index contributed by atoms with van der Waals surface area (Å²) in [4.78, 5) is 12.6. The van der Waals surface area contributed by atoms with Crippen molar-refractivity contribution in [3.8, 4) is 0 Å². The molecule has 0 saturated carbocycles. The van der Waals surface area contributed by atoms with Gasteiger partial charge in [0.25, 0.3) is 0 Å². The van der Waals surface area contributed by atoms with Gasteiger partial charge in [0.05, 0.1) is 19.1 Å². The van der Waals surface area contributed by atoms with Gasteiger partial charge < -0.3 is 14.9 Å². The molecule has 2 unspecified atom stereocenters. The average molecular weight is 261 g/mol. The summed E-state index contributed by atoms with van der Waals surface area (Å²) in [5.74, 6) is -0.811. The molecule has 0 radical (unpaired) electrons. The van der Waals surface area contributed by atoms with Gasteiger partial charge in [0.15, 0.2) is 0 Å². The molecule has 5 heteroatoms. The fourth-order valence-electron chi connectivity index (χ4n) is 1.79. The number of ether oxygens (including phenoxy) is 1. The van der Waals surface area contributed by atoms with E-state index in [9.17, 15) is 9.90 Å². The van der Waals surface area contributed by atoms with Gasteiger partial charge in [-0.3, -0.25) is 9.69 Å². The first-order valence-electron chi connectivity index (χ1n) is 6.72. The van der Waals surface area contributed by atoms with Crippen molar-refractivity contribution in [2.75, 3.05) is 26.3 Å². The molecule has 0 bridgehead atoms. The molecule has 108 valence electrons. The van der Waals surface area contributed by atoms with Crippen LogP contribution in [-0.2, 0) is 9.53 Å². The van der Waals surface area contributed by atoms with Crippen molar-refractivity contribution < 1.29 is 19.7 Å². The summed E-state index contributed by atoms with van der Waals surface area (Å²) < 4.78 is 5.35. The third-order valence-electron chi connectivity index (χ3n) is 2.90. The first kappa shape index (κ1) is 17.4. The molecule has 0 saturated heterocycles. The topological polar surface area (TPSA) is 70.0 Å². The van der Waals surface area contributed by atoms with Crippen LogP contribution < -0.4 is 0 Å². The molecular formula is C13H27NO4. The number of aliphatic hydroxyl groups excluding tert-OH is 1. The molecular weight excluding hydrogens is 234 g/mol. The number of aliphatic carboxylic acids is 1. The molecule has 0 heterocycles. The highest BCUT2D eigenvalue weighted by molar-refractivity contribution is 5.67. The molecule has 0 fully saturated rings. The van der Waals surface area contributed by atoms with Crippen molar-refractivity contribution in [1.82, 2.24) is 4.90 Å². The normalized spacial score (nSPS) is 14.7. The van der Waals surface area contributed by atoms with E-state index < -0.39 is 12.1 Å². The van der Waals surface area contributed by atoms with E-state index in [1.165, 1.54) is 0 Å². The summed E-state index contributed by atoms with van der Waals surface area (Å²) in [6, 6.07) is -0.0715. The Morgan fingerprint density at radius 3 is 2.56 bits per heavy atom. The van der Waals surface area contributed by atoms with Crippen molar-refractivity contribution in [1.29, 1.82) is 0 Å². The van der Waals surface area contributed by atoms with Gasteiger partial charge in [-0.2, -0.15) is 0 Å². The minimum absolute atomic E-state index is 0.0715. The number of hydrogen-bond acceptors (Lipinski definition) is 4. The Balaban J connectivity index is 3.91. The van der Waals surface area contributed by atoms with Gasteiger partial charge in [0.1, 0.15) is 0 Å². The highest BCUT2D eigenvalue weighted by atomic mass is 16.5. The van der Waals surface area contributed by atoms with Gasteiger partial charge in [0.2, 0.25) is 0 Å². The Bertz CT molecular complexity index is 223. The van der Waals surface area contributed by atoms with Crippen LogP contribution in [0.15, 0.2) is 0 Å². The summed E-state index contributed by atoms with van der Waals surface area (Å²) in [7, 11) is 0. The van der Waals surface area contributed by atoms with Crippen molar-refractivity contribution >= 4 is 5.97 Å². The van der Waals surface area contributed by atoms with Crippen LogP contribution in [0, 0.1) is 0 Å². The number of aliphatic hydroxyl groups is 1. The number of carbonyl (C=O) groups is 1. The zero-order chi connectivity index (χ0) is 14.0. The van der Waals surface area contributed by atoms with Crippen LogP contribution in [-0.4, -0.2) is 59.5 Å². The third kappa shape index (κ3) is 8.44. The monoisotopic (exact) mass is 261 g/mol. The molecule has 0 aliphatic carbocycles. The van der Waals surface area contributed by atoms with Gasteiger partial charge >= 0.3 is 5.97 Å². The van der Waals surface area contributed by atoms with E-state index in [4.69, 9.17) is 9.84 Å². The lowest BCUT2D eigenvalue weighted by molar-refractivity contribution is -0.138. The Labute approximate surface area is 110 Å². The number of unbranched alkanes of at least 4 members (excludes halogenated alkanes) is 1. The molecule has 0 amide bonds. The van der Waals surface area contributed by atoms with Gasteiger partial charge in [-0.15, -0.1) is 0 Å². The minimum atomic E-state index is -0.811. The Kier molecular flexibility index (Phi) is 9.92. The van der Waals surface area contributed by atoms with E-state index in [-0.39, 0.29) is 12.5 Å². The van der Waals surface area contributed by atoms with Crippen molar-refractivity contribution in [3.63, 3.8) is 0 Å². The van der Waals surface area contributed by atoms with Gasteiger partial charge in [-0.1, -0.05) is 20.3 Å². The summed E-state index contributed by atoms with van der Waals surface area (Å²) >= 11 is 0. The summed E-state index contributed by atoms with van der Waals surface area (Å²) in [5, 5.41) is 18.6. The number of nitrogens with zero attached hydrogens (tertiary/aromatic N) is 1. The molecule has 5 nitrogen and oxygen atoms in total. The Morgan fingerprint density at radius 2 is 2.06 bits per heavy atom. The number of carboxylic acids is 1. The second-order valence-electron chi connectivity index (χ2n) is 4.62. The van der Waals surface area contributed by atoms with E-state index in [1.807, 2.05) is 18.7 Å². The number of hydrogen-bond donors (Lipinski definition) is 2. The molecule has 18 heavy (non-hydrogen) atoms. The standard InChI is InChI=1S/C13H27NO4/c1-4-6-7-18-10-12(15)9-14(5-2)11(3)8-13(16)17/h11-12,15H,4-10H2,1-3H3,(H,16,17). The predicted molar refractivity (Wildman–Crippen MR) is 70.7 cm³/mol. The van der Waals surface area contributed by atoms with E-state index in [1.54, 1.807) is 0 Å². The number of likely N-dealkylation sites (N-methyl/N-ethyl adjacent to an activating group) is 1. The van der Waals surface area contributed by atoms with Crippen molar-refractivity contribution in [2.45, 2.75) is 52.2 Å². The second-order valence-corrected chi connectivity index (χ2v) is 4.62. The summed E-state index contributed by atoms with van der Waals surface area (Å²) in [5.41, 5.74) is 0. The zero-order valence-electron chi connectivity index (χ0n) is 11.8. The molecule has 0 rings (SSSR count). The summed E-state index contributed by atoms with van der Waals surface area (Å²) in [6.07, 6.45) is 1.61. The molecule has 0 aliphatic rings. The number of carboxylic acid groups (broad SMARTS) is 1. The summed E-state index contributed by atoms with van der Waals surface area (Å²) in [6.45, 7) is 8.08. The maximum atomic E-state index is 10.6. The van der Waals surface area contributed by atoms with Crippen LogP contribution in [0.2, 0.25) is 0 Å². The quantitative estimate of drug-likeness (QED) is 0.549. The predicted octanol–water partition coefficient (Wildman–Crippen LogP) is 1.35. The maximum absolute atomic E-state index is 10.6. The van der Waals surface area contributed by atoms with Crippen molar-refractivity contribution in [3.05, 3.63) is 0 Å². The van der Waals surface area contributed by atoms with Crippen LogP contribution in [0.4, 0.5) is 0 Å². The highest BCUT2D eigenvalue weighted by Crippen LogP contribution is 2.05. The van der Waals surface area contributed by atoms with Gasteiger partial charge in [0, 0.05) is 19.2 Å². The van der Waals surface area contributed by atoms with E-state index in [0.717, 1.165) is 19.4 Å². The Hall–Kier alpha value is -0.650. The lowest BCUT2D eigenvalue weighted by atomic mass is 10.2. The fourth-order valence-corrected chi connectivity index (χ4v) is 1.79. The lowest BCUT2D eigenvalue weighted by Crippen LogP contribution is -2.41. The fraction of sp³-hybridized carbons (Fsp3) is 0.923. The number of rotatable bonds is 11. The molecule has 2 atom stereocenters. The first-order chi connectivity index (χ1) is 8.51. The molecule has 0 aromatic rings. The van der Waals surface area contributed by atoms with Crippen LogP contribution in [0.5, 0.6) is 0 Å². The zero-order valence-corrected chi connectivity index (χ0v) is 11.8. The van der Waals surface area contributed by atoms with Gasteiger partial charge in [-0.25, -0.2) is 0 Å². The van der Waals surface area contributed by atoms with Gasteiger partial charge in [-0.05, 0) is 19.9 Å². The second kappa shape index (κ2) is 10.3. The van der Waals surface area contributed by atoms with Crippen LogP contribution in [0.1, 0.15) is 40.0 Å². The third-order valence-corrected chi connectivity index (χ3v) is 2.90. The minimum Gasteiger partial charge on any atom is -0.481 e. The maximum Gasteiger partial charge on any atom is 0.304 e. The highest BCUT2D eigenvalue weighted by Gasteiger charge is 2.18. The molecule has 0 aliphatic heterocycles. The molecule has 0 aromatic heterocycles. The first-order valence-corrected chi connectivity index (χ1v) is 6.72. The van der Waals surface area contributed by atoms with E-state index in [2.05, 4.69) is 6.92 Å². The van der Waals surface area contributed by atoms with E-state index in [0.29, 0.717) is 19.8 Å². The average Bonchev–Trinajstić information content (AvgIpc) is 2.30. The van der Waals surface area contributed by atoms with Crippen LogP contribution in [0.3, 0.4) is 0 Å². The van der Waals surface area contributed by atoms with Crippen molar-refractivity contribution in [2.24, 2.45) is 0 Å². The largest absolute Gasteiger partial charge is 0.481 e.